The predicted octanol–water partition coefficient (Wildman–Crippen LogP) is 13.7. The zero-order valence-corrected chi connectivity index (χ0v) is 38.3. The molecule has 0 amide bonds. The van der Waals surface area contributed by atoms with Crippen molar-refractivity contribution in [1.82, 2.24) is 29.4 Å². The first-order valence-corrected chi connectivity index (χ1v) is 22.8. The van der Waals surface area contributed by atoms with Gasteiger partial charge in [-0.1, -0.05) is 176 Å². The minimum Gasteiger partial charge on any atom is -0.262 e. The molecule has 0 aromatic heterocycles. The van der Waals surface area contributed by atoms with Crippen molar-refractivity contribution in [2.75, 3.05) is 0 Å². The molecular formula is C48H42N24. The van der Waals surface area contributed by atoms with E-state index in [1.54, 1.807) is 0 Å². The van der Waals surface area contributed by atoms with Gasteiger partial charge in [-0.15, -0.1) is 0 Å². The number of rotatable bonds is 18. The molecule has 5 fully saturated rings. The van der Waals surface area contributed by atoms with Crippen LogP contribution in [0.4, 0.5) is 34.1 Å². The van der Waals surface area contributed by atoms with Crippen LogP contribution in [0.25, 0.3) is 62.7 Å². The molecule has 11 rings (SSSR count). The summed E-state index contributed by atoms with van der Waals surface area (Å²) in [5, 5.41) is 23.2. The van der Waals surface area contributed by atoms with E-state index >= 15 is 0 Å². The Kier molecular flexibility index (Phi) is 13.5. The summed E-state index contributed by atoms with van der Waals surface area (Å²) in [5.74, 6) is 0. The Balaban J connectivity index is 1.21. The van der Waals surface area contributed by atoms with Gasteiger partial charge >= 0.3 is 0 Å². The van der Waals surface area contributed by atoms with Crippen molar-refractivity contribution in [2.45, 2.75) is 76.3 Å². The molecule has 0 N–H and O–H groups in total. The van der Waals surface area contributed by atoms with E-state index in [4.69, 9.17) is 0 Å². The fourth-order valence-corrected chi connectivity index (χ4v) is 10.8. The normalized spacial score (nSPS) is 21.3. The Labute approximate surface area is 410 Å². The fraction of sp³-hybridized carbons (Fsp3) is 0.250. The Bertz CT molecular complexity index is 2860. The van der Waals surface area contributed by atoms with Crippen LogP contribution in [0.5, 0.6) is 0 Å². The van der Waals surface area contributed by atoms with Crippen LogP contribution in [-0.4, -0.2) is 66.4 Å². The molecule has 0 saturated carbocycles. The summed E-state index contributed by atoms with van der Waals surface area (Å²) in [5.41, 5.74) is 64.7. The summed E-state index contributed by atoms with van der Waals surface area (Å²) in [7, 11) is 0. The summed E-state index contributed by atoms with van der Waals surface area (Å²) >= 11 is 0. The lowest BCUT2D eigenvalue weighted by Crippen LogP contribution is -2.73. The van der Waals surface area contributed by atoms with E-state index in [1.807, 2.05) is 146 Å². The number of nitrogens with zero attached hydrogens (tertiary/aromatic N) is 24. The summed E-state index contributed by atoms with van der Waals surface area (Å²) < 4.78 is 0. The van der Waals surface area contributed by atoms with Gasteiger partial charge in [-0.2, -0.15) is 0 Å². The molecule has 6 aromatic carbocycles. The second-order valence-electron chi connectivity index (χ2n) is 17.7. The molecule has 354 valence electrons. The maximum absolute atomic E-state index is 9.27. The van der Waals surface area contributed by atoms with Gasteiger partial charge in [0.1, 0.15) is 0 Å². The SMILES string of the molecule is [N-]=[N+]=Nc1ccc(CN2C3C4N(Cc5ccc(N=[N+]=[N-])cc5)C2C2N(Cc5ccc(N=[N+]=[N-])cc5)C(C(N2Cc2ccc(N=[N+]=[N-])cc2)N4Cc2ccc(N=[N+]=[N-])cc2)N3Cc2ccc(N=[N+]=[N-])cc2)cc1. The van der Waals surface area contributed by atoms with E-state index in [-0.39, 0.29) is 37.0 Å². The third kappa shape index (κ3) is 9.36. The molecule has 0 radical (unpaired) electrons. The van der Waals surface area contributed by atoms with E-state index in [9.17, 15) is 33.2 Å². The van der Waals surface area contributed by atoms with Crippen LogP contribution in [0.1, 0.15) is 33.4 Å². The van der Waals surface area contributed by atoms with E-state index in [2.05, 4.69) is 89.6 Å². The minimum absolute atomic E-state index is 0.250. The lowest BCUT2D eigenvalue weighted by molar-refractivity contribution is -0.166. The zero-order valence-electron chi connectivity index (χ0n) is 38.3. The Morgan fingerprint density at radius 3 is 0.472 bits per heavy atom. The topological polar surface area (TPSA) is 312 Å². The van der Waals surface area contributed by atoms with Crippen molar-refractivity contribution in [1.29, 1.82) is 0 Å². The minimum atomic E-state index is -0.291. The average molecular weight is 955 g/mol. The maximum Gasteiger partial charge on any atom is 0.0955 e. The summed E-state index contributed by atoms with van der Waals surface area (Å²) in [6, 6.07) is 46.0. The molecule has 5 aliphatic heterocycles. The molecule has 24 nitrogen and oxygen atoms in total. The van der Waals surface area contributed by atoms with Gasteiger partial charge < -0.3 is 0 Å². The standard InChI is InChI=1S/C48H42N24/c49-61-55-37-13-1-31(2-14-37)25-67-43-45-68(26-32-3-15-38(16-4-32)56-62-50)46-44(67)70(28-34-7-19-40(20-8-34)58-64-52)48(72(46)30-36-11-23-42(24-12-36)60-66-54)47(69(43)27-33-5-17-39(18-6-33)57-63-51)71(45)29-35-9-21-41(22-10-35)59-65-53/h1-24,43-48H,25-30H2. The maximum atomic E-state index is 9.27. The molecule has 5 saturated heterocycles. The van der Waals surface area contributed by atoms with Crippen molar-refractivity contribution in [3.8, 4) is 0 Å². The molecule has 6 bridgehead atoms. The highest BCUT2D eigenvalue weighted by molar-refractivity contribution is 5.44. The molecular weight excluding hydrogens is 913 g/mol. The van der Waals surface area contributed by atoms with Gasteiger partial charge in [0.15, 0.2) is 0 Å². The van der Waals surface area contributed by atoms with Crippen LogP contribution < -0.4 is 0 Å². The fourth-order valence-electron chi connectivity index (χ4n) is 10.8. The van der Waals surface area contributed by atoms with Gasteiger partial charge in [0, 0.05) is 103 Å². The van der Waals surface area contributed by atoms with Crippen LogP contribution in [0.15, 0.2) is 176 Å². The van der Waals surface area contributed by atoms with Crippen LogP contribution in [0.2, 0.25) is 0 Å². The first-order chi connectivity index (χ1) is 35.4. The first kappa shape index (κ1) is 46.7. The number of azide groups is 6. The van der Waals surface area contributed by atoms with Gasteiger partial charge in [0.2, 0.25) is 0 Å². The van der Waals surface area contributed by atoms with Crippen molar-refractivity contribution >= 4 is 34.1 Å². The second-order valence-corrected chi connectivity index (χ2v) is 17.7. The number of piperazine rings is 1. The predicted molar refractivity (Wildman–Crippen MR) is 267 cm³/mol. The van der Waals surface area contributed by atoms with Crippen LogP contribution in [0.3, 0.4) is 0 Å². The van der Waals surface area contributed by atoms with Crippen LogP contribution >= 0.6 is 0 Å². The molecule has 72 heavy (non-hydrogen) atoms. The number of hydrogen-bond acceptors (Lipinski definition) is 12. The molecule has 0 atom stereocenters. The van der Waals surface area contributed by atoms with Crippen molar-refractivity contribution < 1.29 is 0 Å². The Hall–Kier alpha value is -9.06. The van der Waals surface area contributed by atoms with Gasteiger partial charge in [-0.3, -0.25) is 29.4 Å². The van der Waals surface area contributed by atoms with Crippen molar-refractivity contribution in [3.05, 3.63) is 242 Å². The Morgan fingerprint density at radius 1 is 0.236 bits per heavy atom. The zero-order chi connectivity index (χ0) is 49.6. The van der Waals surface area contributed by atoms with E-state index in [0.717, 1.165) is 33.4 Å². The average Bonchev–Trinajstić information content (AvgIpc) is 3.82. The van der Waals surface area contributed by atoms with E-state index in [0.29, 0.717) is 73.4 Å². The molecule has 5 aliphatic rings. The lowest BCUT2D eigenvalue weighted by Gasteiger charge is -2.56. The molecule has 0 spiro atoms. The van der Waals surface area contributed by atoms with E-state index in [1.165, 1.54) is 0 Å². The summed E-state index contributed by atoms with van der Waals surface area (Å²) in [6.45, 7) is 3.05. The summed E-state index contributed by atoms with van der Waals surface area (Å²) in [6.07, 6.45) is -1.58. The van der Waals surface area contributed by atoms with E-state index < -0.39 is 0 Å². The van der Waals surface area contributed by atoms with Crippen LogP contribution in [-0.2, 0) is 39.3 Å². The monoisotopic (exact) mass is 954 g/mol. The van der Waals surface area contributed by atoms with Gasteiger partial charge in [-0.25, -0.2) is 0 Å². The van der Waals surface area contributed by atoms with Crippen molar-refractivity contribution in [2.24, 2.45) is 30.7 Å². The largest absolute Gasteiger partial charge is 0.262 e. The smallest absolute Gasteiger partial charge is 0.0955 e. The highest BCUT2D eigenvalue weighted by atomic mass is 15.8. The Morgan fingerprint density at radius 2 is 0.361 bits per heavy atom. The highest BCUT2D eigenvalue weighted by Gasteiger charge is 2.71. The molecule has 24 heteroatoms. The third-order valence-corrected chi connectivity index (χ3v) is 13.6. The number of hydrogen-bond donors (Lipinski definition) is 0. The molecule has 0 aliphatic carbocycles. The molecule has 6 aromatic rings. The van der Waals surface area contributed by atoms with Crippen LogP contribution in [0, 0.1) is 0 Å². The lowest BCUT2D eigenvalue weighted by atomic mass is 10.0. The first-order valence-electron chi connectivity index (χ1n) is 22.8. The van der Waals surface area contributed by atoms with Crippen molar-refractivity contribution in [3.63, 3.8) is 0 Å². The highest BCUT2D eigenvalue weighted by Crippen LogP contribution is 2.54. The quantitative estimate of drug-likeness (QED) is 0.0457. The molecule has 5 heterocycles. The second kappa shape index (κ2) is 20.9. The summed E-state index contributed by atoms with van der Waals surface area (Å²) in [4.78, 5) is 33.6. The third-order valence-electron chi connectivity index (χ3n) is 13.6. The van der Waals surface area contributed by atoms with Gasteiger partial charge in [0.05, 0.1) is 37.0 Å². The van der Waals surface area contributed by atoms with Gasteiger partial charge in [-0.05, 0) is 66.6 Å². The molecule has 0 unspecified atom stereocenters. The van der Waals surface area contributed by atoms with Gasteiger partial charge in [0.25, 0.3) is 0 Å². The number of benzene rings is 6.